The molecule has 5 heteroatoms. The van der Waals surface area contributed by atoms with Crippen molar-refractivity contribution in [3.8, 4) is 5.88 Å². The molecule has 2 heterocycles. The van der Waals surface area contributed by atoms with Gasteiger partial charge in [-0.15, -0.1) is 0 Å². The lowest BCUT2D eigenvalue weighted by Gasteiger charge is -2.28. The Bertz CT molecular complexity index is 652. The number of hydrogen-bond acceptors (Lipinski definition) is 4. The molecule has 1 aliphatic heterocycles. The van der Waals surface area contributed by atoms with E-state index in [1.165, 1.54) is 18.4 Å². The van der Waals surface area contributed by atoms with Gasteiger partial charge in [0.15, 0.2) is 0 Å². The van der Waals surface area contributed by atoms with Crippen LogP contribution in [0.4, 0.5) is 0 Å². The molecule has 0 aliphatic carbocycles. The van der Waals surface area contributed by atoms with E-state index in [9.17, 15) is 4.79 Å². The topological polar surface area (TPSA) is 54.5 Å². The number of carbonyl (C=O) groups is 1. The summed E-state index contributed by atoms with van der Waals surface area (Å²) < 4.78 is 5.02. The Labute approximate surface area is 142 Å². The van der Waals surface area contributed by atoms with Crippen molar-refractivity contribution in [2.24, 2.45) is 0 Å². The number of pyridine rings is 1. The van der Waals surface area contributed by atoms with Crippen molar-refractivity contribution in [1.29, 1.82) is 0 Å². The third-order valence-corrected chi connectivity index (χ3v) is 4.43. The van der Waals surface area contributed by atoms with Gasteiger partial charge in [0.25, 0.3) is 5.91 Å². The summed E-state index contributed by atoms with van der Waals surface area (Å²) in [6.07, 6.45) is 3.99. The van der Waals surface area contributed by atoms with Crippen molar-refractivity contribution < 1.29 is 9.53 Å². The summed E-state index contributed by atoms with van der Waals surface area (Å²) in [6, 6.07) is 14.0. The standard InChI is InChI=1S/C19H23N3O2/c1-24-18-10-9-16(13-20-18)19(23)21-14-17(22-11-5-6-12-22)15-7-3-2-4-8-15/h2-4,7-10,13,17H,5-6,11-12,14H2,1H3,(H,21,23). The minimum atomic E-state index is -0.106. The monoisotopic (exact) mass is 325 g/mol. The first kappa shape index (κ1) is 16.5. The summed E-state index contributed by atoms with van der Waals surface area (Å²) >= 11 is 0. The fourth-order valence-corrected chi connectivity index (χ4v) is 3.11. The molecule has 1 N–H and O–H groups in total. The first-order valence-electron chi connectivity index (χ1n) is 8.35. The van der Waals surface area contributed by atoms with E-state index in [4.69, 9.17) is 4.74 Å². The highest BCUT2D eigenvalue weighted by Crippen LogP contribution is 2.24. The lowest BCUT2D eigenvalue weighted by Crippen LogP contribution is -2.36. The number of amides is 1. The minimum absolute atomic E-state index is 0.106. The lowest BCUT2D eigenvalue weighted by atomic mass is 10.1. The van der Waals surface area contributed by atoms with Gasteiger partial charge in [0, 0.05) is 18.8 Å². The van der Waals surface area contributed by atoms with Gasteiger partial charge in [0.2, 0.25) is 5.88 Å². The largest absolute Gasteiger partial charge is 0.481 e. The predicted molar refractivity (Wildman–Crippen MR) is 93.1 cm³/mol. The van der Waals surface area contributed by atoms with Crippen molar-refractivity contribution >= 4 is 5.91 Å². The maximum atomic E-state index is 12.4. The molecule has 1 aliphatic rings. The first-order chi connectivity index (χ1) is 11.8. The normalized spacial score (nSPS) is 15.9. The van der Waals surface area contributed by atoms with Crippen LogP contribution in [0.3, 0.4) is 0 Å². The van der Waals surface area contributed by atoms with E-state index < -0.39 is 0 Å². The van der Waals surface area contributed by atoms with Crippen LogP contribution in [0, 0.1) is 0 Å². The van der Waals surface area contributed by atoms with E-state index in [2.05, 4.69) is 27.3 Å². The van der Waals surface area contributed by atoms with Gasteiger partial charge in [0.05, 0.1) is 18.7 Å². The molecule has 0 saturated carbocycles. The van der Waals surface area contributed by atoms with E-state index in [0.29, 0.717) is 18.0 Å². The van der Waals surface area contributed by atoms with Crippen LogP contribution in [-0.2, 0) is 0 Å². The number of nitrogens with one attached hydrogen (secondary N) is 1. The van der Waals surface area contributed by atoms with E-state index in [-0.39, 0.29) is 11.9 Å². The second kappa shape index (κ2) is 7.93. The SMILES string of the molecule is COc1ccc(C(=O)NCC(c2ccccc2)N2CCCC2)cn1. The third kappa shape index (κ3) is 3.92. The van der Waals surface area contributed by atoms with Gasteiger partial charge in [-0.05, 0) is 37.6 Å². The Balaban J connectivity index is 1.67. The van der Waals surface area contributed by atoms with Gasteiger partial charge < -0.3 is 10.1 Å². The van der Waals surface area contributed by atoms with Crippen LogP contribution in [0.2, 0.25) is 0 Å². The minimum Gasteiger partial charge on any atom is -0.481 e. The molecule has 0 radical (unpaired) electrons. The second-order valence-corrected chi connectivity index (χ2v) is 5.97. The van der Waals surface area contributed by atoms with Crippen LogP contribution in [0.5, 0.6) is 5.88 Å². The highest BCUT2D eigenvalue weighted by atomic mass is 16.5. The lowest BCUT2D eigenvalue weighted by molar-refractivity contribution is 0.0937. The number of rotatable bonds is 6. The molecule has 1 aromatic carbocycles. The zero-order valence-electron chi connectivity index (χ0n) is 13.9. The zero-order chi connectivity index (χ0) is 16.8. The Kier molecular flexibility index (Phi) is 5.43. The number of carbonyl (C=O) groups excluding carboxylic acids is 1. The molecule has 1 fully saturated rings. The predicted octanol–water partition coefficient (Wildman–Crippen LogP) is 2.66. The van der Waals surface area contributed by atoms with E-state index in [1.807, 2.05) is 18.2 Å². The fraction of sp³-hybridized carbons (Fsp3) is 0.368. The molecule has 24 heavy (non-hydrogen) atoms. The second-order valence-electron chi connectivity index (χ2n) is 5.97. The number of ether oxygens (including phenoxy) is 1. The van der Waals surface area contributed by atoms with Crippen molar-refractivity contribution in [2.75, 3.05) is 26.7 Å². The summed E-state index contributed by atoms with van der Waals surface area (Å²) in [5, 5.41) is 3.05. The maximum absolute atomic E-state index is 12.4. The molecule has 1 atom stereocenters. The van der Waals surface area contributed by atoms with Crippen molar-refractivity contribution in [3.63, 3.8) is 0 Å². The Morgan fingerprint density at radius 3 is 2.58 bits per heavy atom. The smallest absolute Gasteiger partial charge is 0.252 e. The molecule has 3 rings (SSSR count). The maximum Gasteiger partial charge on any atom is 0.252 e. The average molecular weight is 325 g/mol. The summed E-state index contributed by atoms with van der Waals surface area (Å²) in [4.78, 5) is 18.9. The molecule has 1 amide bonds. The van der Waals surface area contributed by atoms with Crippen molar-refractivity contribution in [2.45, 2.75) is 18.9 Å². The number of methoxy groups -OCH3 is 1. The van der Waals surface area contributed by atoms with Crippen LogP contribution < -0.4 is 10.1 Å². The van der Waals surface area contributed by atoms with Gasteiger partial charge in [-0.3, -0.25) is 9.69 Å². The van der Waals surface area contributed by atoms with Crippen LogP contribution in [0.1, 0.15) is 34.8 Å². The molecule has 5 nitrogen and oxygen atoms in total. The fourth-order valence-electron chi connectivity index (χ4n) is 3.11. The summed E-state index contributed by atoms with van der Waals surface area (Å²) in [5.41, 5.74) is 1.79. The molecule has 0 bridgehead atoms. The molecule has 126 valence electrons. The molecule has 1 saturated heterocycles. The highest BCUT2D eigenvalue weighted by molar-refractivity contribution is 5.93. The van der Waals surface area contributed by atoms with E-state index in [1.54, 1.807) is 25.4 Å². The summed E-state index contributed by atoms with van der Waals surface area (Å²) in [7, 11) is 1.56. The number of likely N-dealkylation sites (tertiary alicyclic amines) is 1. The van der Waals surface area contributed by atoms with Crippen molar-refractivity contribution in [1.82, 2.24) is 15.2 Å². The Morgan fingerprint density at radius 2 is 1.96 bits per heavy atom. The molecule has 2 aromatic rings. The van der Waals surface area contributed by atoms with Crippen LogP contribution in [-0.4, -0.2) is 42.5 Å². The van der Waals surface area contributed by atoms with Gasteiger partial charge >= 0.3 is 0 Å². The number of nitrogens with zero attached hydrogens (tertiary/aromatic N) is 2. The Hall–Kier alpha value is -2.40. The van der Waals surface area contributed by atoms with Crippen LogP contribution in [0.25, 0.3) is 0 Å². The van der Waals surface area contributed by atoms with Crippen LogP contribution in [0.15, 0.2) is 48.7 Å². The molecule has 1 unspecified atom stereocenters. The van der Waals surface area contributed by atoms with E-state index in [0.717, 1.165) is 13.1 Å². The average Bonchev–Trinajstić information content (AvgIpc) is 3.17. The van der Waals surface area contributed by atoms with E-state index >= 15 is 0 Å². The van der Waals surface area contributed by atoms with Crippen LogP contribution >= 0.6 is 0 Å². The van der Waals surface area contributed by atoms with Gasteiger partial charge in [-0.2, -0.15) is 0 Å². The quantitative estimate of drug-likeness (QED) is 0.887. The van der Waals surface area contributed by atoms with Gasteiger partial charge in [0.1, 0.15) is 0 Å². The van der Waals surface area contributed by atoms with Gasteiger partial charge in [-0.1, -0.05) is 30.3 Å². The molecular weight excluding hydrogens is 302 g/mol. The summed E-state index contributed by atoms with van der Waals surface area (Å²) in [6.45, 7) is 2.76. The highest BCUT2D eigenvalue weighted by Gasteiger charge is 2.23. The molecule has 0 spiro atoms. The van der Waals surface area contributed by atoms with Gasteiger partial charge in [-0.25, -0.2) is 4.98 Å². The Morgan fingerprint density at radius 1 is 1.21 bits per heavy atom. The first-order valence-corrected chi connectivity index (χ1v) is 8.35. The number of benzene rings is 1. The number of hydrogen-bond donors (Lipinski definition) is 1. The molecular formula is C19H23N3O2. The third-order valence-electron chi connectivity index (χ3n) is 4.43. The molecule has 1 aromatic heterocycles. The summed E-state index contributed by atoms with van der Waals surface area (Å²) in [5.74, 6) is 0.399. The van der Waals surface area contributed by atoms with Crippen molar-refractivity contribution in [3.05, 3.63) is 59.8 Å². The number of aromatic nitrogens is 1. The zero-order valence-corrected chi connectivity index (χ0v) is 13.9.